The standard InChI is InChI=1S/C15H20F2O6S/c16-15(17,24(20,21)22)13(19)23-8-12(18)7-14-4-9-1-10(5-14)3-11(2-9)6-14/h9-11H,1-8H2,(H,20,21,22). The number of hydrogen-bond donors (Lipinski definition) is 1. The highest BCUT2D eigenvalue weighted by Crippen LogP contribution is 2.61. The van der Waals surface area contributed by atoms with Crippen molar-refractivity contribution in [1.82, 2.24) is 0 Å². The van der Waals surface area contributed by atoms with E-state index in [1.807, 2.05) is 0 Å². The van der Waals surface area contributed by atoms with Crippen LogP contribution in [0.5, 0.6) is 0 Å². The Morgan fingerprint density at radius 2 is 1.54 bits per heavy atom. The Hall–Kier alpha value is -1.09. The number of hydrogen-bond acceptors (Lipinski definition) is 5. The van der Waals surface area contributed by atoms with Gasteiger partial charge in [0.15, 0.2) is 5.78 Å². The summed E-state index contributed by atoms with van der Waals surface area (Å²) in [7, 11) is -5.91. The number of ketones is 1. The first kappa shape index (κ1) is 17.7. The average molecular weight is 366 g/mol. The molecule has 0 spiro atoms. The predicted molar refractivity (Wildman–Crippen MR) is 77.7 cm³/mol. The van der Waals surface area contributed by atoms with Crippen LogP contribution in [-0.4, -0.2) is 36.6 Å². The van der Waals surface area contributed by atoms with Crippen LogP contribution < -0.4 is 0 Å². The normalized spacial score (nSPS) is 35.0. The minimum atomic E-state index is -5.91. The molecule has 0 aromatic carbocycles. The van der Waals surface area contributed by atoms with Crippen LogP contribution in [0.2, 0.25) is 0 Å². The number of alkyl halides is 2. The Labute approximate surface area is 138 Å². The summed E-state index contributed by atoms with van der Waals surface area (Å²) in [6.45, 7) is -0.897. The van der Waals surface area contributed by atoms with E-state index in [4.69, 9.17) is 4.55 Å². The van der Waals surface area contributed by atoms with Crippen molar-refractivity contribution in [3.05, 3.63) is 0 Å². The molecule has 4 aliphatic rings. The third-order valence-electron chi connectivity index (χ3n) is 5.66. The molecule has 9 heteroatoms. The first-order valence-corrected chi connectivity index (χ1v) is 9.48. The Bertz CT molecular complexity index is 622. The molecule has 6 nitrogen and oxygen atoms in total. The Balaban J connectivity index is 1.56. The second-order valence-electron chi connectivity index (χ2n) is 7.70. The molecule has 0 saturated heterocycles. The molecule has 4 fully saturated rings. The predicted octanol–water partition coefficient (Wildman–Crippen LogP) is 2.19. The van der Waals surface area contributed by atoms with Crippen LogP contribution in [0, 0.1) is 23.2 Å². The maximum Gasteiger partial charge on any atom is 0.465 e. The first-order valence-electron chi connectivity index (χ1n) is 8.04. The molecule has 0 aliphatic heterocycles. The van der Waals surface area contributed by atoms with E-state index >= 15 is 0 Å². The van der Waals surface area contributed by atoms with E-state index in [1.54, 1.807) is 0 Å². The molecule has 0 unspecified atom stereocenters. The largest absolute Gasteiger partial charge is 0.465 e. The van der Waals surface area contributed by atoms with E-state index in [1.165, 1.54) is 19.3 Å². The summed E-state index contributed by atoms with van der Waals surface area (Å²) < 4.78 is 59.5. The molecule has 136 valence electrons. The smallest absolute Gasteiger partial charge is 0.452 e. The van der Waals surface area contributed by atoms with Gasteiger partial charge in [0.2, 0.25) is 0 Å². The quantitative estimate of drug-likeness (QED) is 0.572. The minimum Gasteiger partial charge on any atom is -0.452 e. The molecule has 4 saturated carbocycles. The number of esters is 1. The Morgan fingerprint density at radius 3 is 1.96 bits per heavy atom. The monoisotopic (exact) mass is 366 g/mol. The van der Waals surface area contributed by atoms with Gasteiger partial charge in [-0.15, -0.1) is 0 Å². The molecule has 0 amide bonds. The van der Waals surface area contributed by atoms with Gasteiger partial charge in [0, 0.05) is 6.42 Å². The van der Waals surface area contributed by atoms with Crippen LogP contribution in [0.4, 0.5) is 8.78 Å². The van der Waals surface area contributed by atoms with Crippen LogP contribution in [0.25, 0.3) is 0 Å². The van der Waals surface area contributed by atoms with Gasteiger partial charge < -0.3 is 4.74 Å². The lowest BCUT2D eigenvalue weighted by Crippen LogP contribution is -2.47. The molecule has 4 rings (SSSR count). The number of Topliss-reactive ketones (excluding diaryl/α,β-unsaturated/α-hetero) is 1. The van der Waals surface area contributed by atoms with E-state index in [2.05, 4.69) is 4.74 Å². The van der Waals surface area contributed by atoms with Crippen LogP contribution in [-0.2, 0) is 24.4 Å². The minimum absolute atomic E-state index is 0.121. The van der Waals surface area contributed by atoms with Crippen molar-refractivity contribution in [1.29, 1.82) is 0 Å². The summed E-state index contributed by atoms with van der Waals surface area (Å²) in [5.41, 5.74) is -0.121. The second-order valence-corrected chi connectivity index (χ2v) is 9.16. The molecule has 1 N–H and O–H groups in total. The van der Waals surface area contributed by atoms with Crippen molar-refractivity contribution < 1.29 is 36.1 Å². The van der Waals surface area contributed by atoms with Gasteiger partial charge in [-0.05, 0) is 61.7 Å². The third kappa shape index (κ3) is 3.20. The van der Waals surface area contributed by atoms with Crippen molar-refractivity contribution in [3.8, 4) is 0 Å². The molecule has 0 radical (unpaired) electrons. The van der Waals surface area contributed by atoms with Crippen LogP contribution in [0.15, 0.2) is 0 Å². The van der Waals surface area contributed by atoms with Crippen LogP contribution >= 0.6 is 0 Å². The zero-order valence-electron chi connectivity index (χ0n) is 13.0. The van der Waals surface area contributed by atoms with Crippen LogP contribution in [0.3, 0.4) is 0 Å². The maximum absolute atomic E-state index is 13.1. The fourth-order valence-corrected chi connectivity index (χ4v) is 5.58. The van der Waals surface area contributed by atoms with Crippen molar-refractivity contribution in [2.24, 2.45) is 23.2 Å². The summed E-state index contributed by atoms with van der Waals surface area (Å²) in [5.74, 6) is -1.05. The van der Waals surface area contributed by atoms with E-state index in [9.17, 15) is 26.8 Å². The molecular formula is C15H20F2O6S. The zero-order chi connectivity index (χ0) is 17.8. The SMILES string of the molecule is O=C(COC(=O)C(F)(F)S(=O)(=O)O)CC12CC3CC(CC(C3)C1)C2. The van der Waals surface area contributed by atoms with Gasteiger partial charge in [-0.3, -0.25) is 9.35 Å². The zero-order valence-corrected chi connectivity index (χ0v) is 13.9. The molecule has 24 heavy (non-hydrogen) atoms. The van der Waals surface area contributed by atoms with E-state index in [0.717, 1.165) is 19.3 Å². The number of rotatable bonds is 6. The fraction of sp³-hybridized carbons (Fsp3) is 0.867. The molecule has 0 heterocycles. The molecule has 4 bridgehead atoms. The topological polar surface area (TPSA) is 97.7 Å². The summed E-state index contributed by atoms with van der Waals surface area (Å²) >= 11 is 0. The van der Waals surface area contributed by atoms with Gasteiger partial charge in [-0.25, -0.2) is 4.79 Å². The van der Waals surface area contributed by atoms with Gasteiger partial charge in [-0.1, -0.05) is 0 Å². The third-order valence-corrected chi connectivity index (χ3v) is 6.48. The van der Waals surface area contributed by atoms with Crippen molar-refractivity contribution in [2.75, 3.05) is 6.61 Å². The molecule has 0 atom stereocenters. The lowest BCUT2D eigenvalue weighted by Gasteiger charge is -2.56. The van der Waals surface area contributed by atoms with Gasteiger partial charge in [-0.2, -0.15) is 17.2 Å². The molecular weight excluding hydrogens is 346 g/mol. The lowest BCUT2D eigenvalue weighted by atomic mass is 9.48. The average Bonchev–Trinajstić information content (AvgIpc) is 2.41. The highest BCUT2D eigenvalue weighted by Gasteiger charge is 2.55. The van der Waals surface area contributed by atoms with Gasteiger partial charge in [0.1, 0.15) is 6.61 Å². The molecule has 0 aromatic rings. The van der Waals surface area contributed by atoms with Gasteiger partial charge >= 0.3 is 21.3 Å². The number of carbonyl (C=O) groups is 2. The highest BCUT2D eigenvalue weighted by atomic mass is 32.2. The van der Waals surface area contributed by atoms with Gasteiger partial charge in [0.25, 0.3) is 0 Å². The Morgan fingerprint density at radius 1 is 1.08 bits per heavy atom. The van der Waals surface area contributed by atoms with Gasteiger partial charge in [0.05, 0.1) is 0 Å². The highest BCUT2D eigenvalue weighted by molar-refractivity contribution is 7.87. The summed E-state index contributed by atoms with van der Waals surface area (Å²) in [6.07, 6.45) is 6.59. The number of carbonyl (C=O) groups excluding carboxylic acids is 2. The van der Waals surface area contributed by atoms with E-state index in [0.29, 0.717) is 17.8 Å². The van der Waals surface area contributed by atoms with E-state index < -0.39 is 33.7 Å². The summed E-state index contributed by atoms with van der Waals surface area (Å²) in [4.78, 5) is 23.2. The number of ether oxygens (including phenoxy) is 1. The van der Waals surface area contributed by atoms with Crippen molar-refractivity contribution >= 4 is 21.9 Å². The van der Waals surface area contributed by atoms with Crippen molar-refractivity contribution in [3.63, 3.8) is 0 Å². The van der Waals surface area contributed by atoms with Crippen molar-refractivity contribution in [2.45, 2.75) is 50.2 Å². The number of halogens is 2. The molecule has 4 aliphatic carbocycles. The first-order chi connectivity index (χ1) is 11.0. The Kier molecular flexibility index (Phi) is 4.23. The second kappa shape index (κ2) is 5.72. The summed E-state index contributed by atoms with van der Waals surface area (Å²) in [5, 5.41) is -5.06. The van der Waals surface area contributed by atoms with Crippen LogP contribution in [0.1, 0.15) is 44.9 Å². The van der Waals surface area contributed by atoms with E-state index in [-0.39, 0.29) is 11.8 Å². The maximum atomic E-state index is 13.1. The lowest BCUT2D eigenvalue weighted by molar-refractivity contribution is -0.164. The molecule has 0 aromatic heterocycles. The summed E-state index contributed by atoms with van der Waals surface area (Å²) in [6, 6.07) is 0. The fourth-order valence-electron chi connectivity index (χ4n) is 5.31.